The summed E-state index contributed by atoms with van der Waals surface area (Å²) >= 11 is 0. The lowest BCUT2D eigenvalue weighted by atomic mass is 9.69. The number of aryl methyl sites for hydroxylation is 1. The highest BCUT2D eigenvalue weighted by atomic mass is 16.1. The molecular weight excluding hydrogens is 498 g/mol. The predicted octanol–water partition coefficient (Wildman–Crippen LogP) is 6.98. The minimum Gasteiger partial charge on any atom is -0.295 e. The maximum atomic E-state index is 14.2. The molecule has 4 aromatic rings. The number of unbranched alkanes of at least 4 members (excludes halogenated alkanes) is 1. The fourth-order valence-electron chi connectivity index (χ4n) is 6.68. The topological polar surface area (TPSA) is 94.3 Å². The Labute approximate surface area is 237 Å². The van der Waals surface area contributed by atoms with Crippen LogP contribution in [0.5, 0.6) is 0 Å². The van der Waals surface area contributed by atoms with Gasteiger partial charge in [-0.3, -0.25) is 14.1 Å². The molecule has 5 rings (SSSR count). The maximum absolute atomic E-state index is 14.2. The molecule has 1 fully saturated rings. The first-order chi connectivity index (χ1) is 19.6. The summed E-state index contributed by atoms with van der Waals surface area (Å²) in [7, 11) is 0. The van der Waals surface area contributed by atoms with Gasteiger partial charge in [0.05, 0.1) is 12.2 Å². The number of nitrogens with zero attached hydrogens (tertiary/aromatic N) is 6. The number of hydrogen-bond acceptors (Lipinski definition) is 5. The number of hydrogen-bond donors (Lipinski definition) is 1. The first kappa shape index (κ1) is 28.0. The Morgan fingerprint density at radius 2 is 1.80 bits per heavy atom. The third-order valence-electron chi connectivity index (χ3n) is 9.18. The molecule has 3 aromatic heterocycles. The first-order valence-corrected chi connectivity index (χ1v) is 15.2. The molecule has 3 heterocycles. The van der Waals surface area contributed by atoms with Gasteiger partial charge in [0.1, 0.15) is 0 Å². The number of aromatic amines is 1. The zero-order chi connectivity index (χ0) is 28.0. The SMILES string of the molecule is CCCCc1cn(C2CCCCCCC2(CC)CC)c(=O)n1Cc1cc(-c2cccc(-c3nnn[nH]3)c2)ccn1. The number of imidazole rings is 1. The van der Waals surface area contributed by atoms with E-state index in [4.69, 9.17) is 4.98 Å². The van der Waals surface area contributed by atoms with Crippen LogP contribution in [0.15, 0.2) is 53.6 Å². The number of H-pyrrole nitrogens is 1. The molecule has 0 saturated heterocycles. The molecule has 1 unspecified atom stereocenters. The summed E-state index contributed by atoms with van der Waals surface area (Å²) in [6, 6.07) is 12.5. The standard InChI is InChI=1S/C32H43N7O/c1-4-7-15-28-23-39(29-16-10-8-9-11-18-32(29,5-2)6-3)31(40)38(28)22-27-21-25(17-19-33-27)24-13-12-14-26(20-24)30-34-36-37-35-30/h12-14,17,19-21,23,29H,4-11,15-16,18,22H2,1-3H3,(H,34,35,36,37). The monoisotopic (exact) mass is 541 g/mol. The minimum absolute atomic E-state index is 0.120. The van der Waals surface area contributed by atoms with Crippen molar-refractivity contribution >= 4 is 0 Å². The molecule has 8 heteroatoms. The molecule has 1 N–H and O–H groups in total. The van der Waals surface area contributed by atoms with Crippen LogP contribution >= 0.6 is 0 Å². The van der Waals surface area contributed by atoms with Crippen molar-refractivity contribution in [2.24, 2.45) is 5.41 Å². The van der Waals surface area contributed by atoms with Crippen molar-refractivity contribution in [2.75, 3.05) is 0 Å². The molecule has 1 atom stereocenters. The average Bonchev–Trinajstić information content (AvgIpc) is 3.62. The van der Waals surface area contributed by atoms with Gasteiger partial charge < -0.3 is 0 Å². The molecule has 0 spiro atoms. The van der Waals surface area contributed by atoms with E-state index < -0.39 is 0 Å². The van der Waals surface area contributed by atoms with Crippen molar-refractivity contribution in [3.63, 3.8) is 0 Å². The molecule has 1 aliphatic carbocycles. The first-order valence-electron chi connectivity index (χ1n) is 15.2. The highest BCUT2D eigenvalue weighted by Gasteiger charge is 2.38. The van der Waals surface area contributed by atoms with E-state index in [-0.39, 0.29) is 17.1 Å². The van der Waals surface area contributed by atoms with E-state index in [1.807, 2.05) is 29.0 Å². The van der Waals surface area contributed by atoms with Gasteiger partial charge in [0, 0.05) is 29.7 Å². The number of aromatic nitrogens is 7. The van der Waals surface area contributed by atoms with Crippen LogP contribution in [0.3, 0.4) is 0 Å². The average molecular weight is 542 g/mol. The number of benzene rings is 1. The molecule has 0 aliphatic heterocycles. The Hall–Kier alpha value is -3.55. The summed E-state index contributed by atoms with van der Waals surface area (Å²) in [6.45, 7) is 7.33. The molecule has 0 bridgehead atoms. The van der Waals surface area contributed by atoms with Crippen molar-refractivity contribution in [1.82, 2.24) is 34.7 Å². The van der Waals surface area contributed by atoms with Crippen LogP contribution in [0.25, 0.3) is 22.5 Å². The lowest BCUT2D eigenvalue weighted by Crippen LogP contribution is -2.38. The van der Waals surface area contributed by atoms with Gasteiger partial charge in [0.2, 0.25) is 0 Å². The Bertz CT molecular complexity index is 1430. The predicted molar refractivity (Wildman–Crippen MR) is 159 cm³/mol. The van der Waals surface area contributed by atoms with Gasteiger partial charge in [0.25, 0.3) is 0 Å². The lowest BCUT2D eigenvalue weighted by molar-refractivity contribution is 0.106. The van der Waals surface area contributed by atoms with Crippen LogP contribution in [0.1, 0.15) is 102 Å². The van der Waals surface area contributed by atoms with Gasteiger partial charge in [-0.15, -0.1) is 5.10 Å². The molecule has 1 aliphatic rings. The van der Waals surface area contributed by atoms with Gasteiger partial charge in [-0.25, -0.2) is 9.89 Å². The second-order valence-corrected chi connectivity index (χ2v) is 11.4. The highest BCUT2D eigenvalue weighted by molar-refractivity contribution is 5.70. The molecule has 8 nitrogen and oxygen atoms in total. The zero-order valence-electron chi connectivity index (χ0n) is 24.3. The Morgan fingerprint density at radius 3 is 2.58 bits per heavy atom. The summed E-state index contributed by atoms with van der Waals surface area (Å²) < 4.78 is 4.12. The summed E-state index contributed by atoms with van der Waals surface area (Å²) in [4.78, 5) is 18.9. The Balaban J connectivity index is 1.50. The van der Waals surface area contributed by atoms with Crippen LogP contribution in [0, 0.1) is 5.41 Å². The minimum atomic E-state index is 0.120. The van der Waals surface area contributed by atoms with E-state index in [0.717, 1.165) is 66.6 Å². The van der Waals surface area contributed by atoms with Crippen LogP contribution < -0.4 is 5.69 Å². The van der Waals surface area contributed by atoms with Gasteiger partial charge in [-0.1, -0.05) is 71.1 Å². The van der Waals surface area contributed by atoms with E-state index >= 15 is 0 Å². The number of rotatable bonds is 10. The third-order valence-corrected chi connectivity index (χ3v) is 9.18. The second-order valence-electron chi connectivity index (χ2n) is 11.4. The van der Waals surface area contributed by atoms with Gasteiger partial charge in [0.15, 0.2) is 5.82 Å². The van der Waals surface area contributed by atoms with Gasteiger partial charge >= 0.3 is 5.69 Å². The number of tetrazole rings is 1. The normalized spacial score (nSPS) is 17.4. The fourth-order valence-corrected chi connectivity index (χ4v) is 6.68. The summed E-state index contributed by atoms with van der Waals surface area (Å²) in [6.07, 6.45) is 16.7. The molecule has 0 radical (unpaired) electrons. The summed E-state index contributed by atoms with van der Waals surface area (Å²) in [5, 5.41) is 14.3. The van der Waals surface area contributed by atoms with Crippen molar-refractivity contribution in [3.8, 4) is 22.5 Å². The largest absolute Gasteiger partial charge is 0.328 e. The Morgan fingerprint density at radius 1 is 1.00 bits per heavy atom. The molecule has 40 heavy (non-hydrogen) atoms. The van der Waals surface area contributed by atoms with Crippen molar-refractivity contribution in [2.45, 2.75) is 104 Å². The maximum Gasteiger partial charge on any atom is 0.328 e. The highest BCUT2D eigenvalue weighted by Crippen LogP contribution is 2.47. The smallest absolute Gasteiger partial charge is 0.295 e. The van der Waals surface area contributed by atoms with E-state index in [1.165, 1.54) is 32.1 Å². The molecule has 1 saturated carbocycles. The van der Waals surface area contributed by atoms with Crippen LogP contribution in [0.2, 0.25) is 0 Å². The third kappa shape index (κ3) is 5.81. The molecule has 1 aromatic carbocycles. The van der Waals surface area contributed by atoms with Crippen LogP contribution in [0.4, 0.5) is 0 Å². The Kier molecular flexibility index (Phi) is 8.92. The molecular formula is C32H43N7O. The van der Waals surface area contributed by atoms with E-state index in [2.05, 4.69) is 70.4 Å². The van der Waals surface area contributed by atoms with Crippen molar-refractivity contribution in [3.05, 3.63) is 70.7 Å². The van der Waals surface area contributed by atoms with Gasteiger partial charge in [-0.2, -0.15) is 0 Å². The van der Waals surface area contributed by atoms with Gasteiger partial charge in [-0.05, 0) is 83.7 Å². The zero-order valence-corrected chi connectivity index (χ0v) is 24.3. The van der Waals surface area contributed by atoms with E-state index in [9.17, 15) is 4.79 Å². The molecule has 212 valence electrons. The lowest BCUT2D eigenvalue weighted by Gasteiger charge is -2.41. The van der Waals surface area contributed by atoms with Crippen LogP contribution in [-0.4, -0.2) is 34.7 Å². The van der Waals surface area contributed by atoms with Crippen molar-refractivity contribution in [1.29, 1.82) is 0 Å². The van der Waals surface area contributed by atoms with E-state index in [0.29, 0.717) is 12.4 Å². The van der Waals surface area contributed by atoms with E-state index in [1.54, 1.807) is 0 Å². The van der Waals surface area contributed by atoms with Crippen molar-refractivity contribution < 1.29 is 0 Å². The fraction of sp³-hybridized carbons (Fsp3) is 0.531. The van der Waals surface area contributed by atoms with Crippen LogP contribution in [-0.2, 0) is 13.0 Å². The summed E-state index contributed by atoms with van der Waals surface area (Å²) in [5.74, 6) is 0.633. The quantitative estimate of drug-likeness (QED) is 0.234. The number of nitrogens with one attached hydrogen (secondary N) is 1. The second kappa shape index (κ2) is 12.7. The molecule has 0 amide bonds. The number of pyridine rings is 1. The summed E-state index contributed by atoms with van der Waals surface area (Å²) in [5.41, 5.74) is 5.34.